The summed E-state index contributed by atoms with van der Waals surface area (Å²) in [6, 6.07) is 29.0. The lowest BCUT2D eigenvalue weighted by Gasteiger charge is -2.35. The van der Waals surface area contributed by atoms with Crippen molar-refractivity contribution < 1.29 is 4.39 Å². The third-order valence-electron chi connectivity index (χ3n) is 7.61. The van der Waals surface area contributed by atoms with Crippen LogP contribution in [0.5, 0.6) is 0 Å². The molecule has 0 radical (unpaired) electrons. The van der Waals surface area contributed by atoms with Gasteiger partial charge in [0, 0.05) is 32.1 Å². The predicted molar refractivity (Wildman–Crippen MR) is 134 cm³/mol. The largest absolute Gasteiger partial charge is 0.303 e. The Bertz CT molecular complexity index is 998. The molecule has 0 spiro atoms. The van der Waals surface area contributed by atoms with Crippen molar-refractivity contribution >= 4 is 0 Å². The van der Waals surface area contributed by atoms with Crippen molar-refractivity contribution in [2.45, 2.75) is 31.7 Å². The highest BCUT2D eigenvalue weighted by atomic mass is 19.1. The van der Waals surface area contributed by atoms with Crippen molar-refractivity contribution in [3.63, 3.8) is 0 Å². The van der Waals surface area contributed by atoms with E-state index in [1.165, 1.54) is 43.5 Å². The quantitative estimate of drug-likeness (QED) is 0.443. The summed E-state index contributed by atoms with van der Waals surface area (Å²) in [6.07, 6.45) is 3.76. The molecule has 3 aromatic rings. The number of hydrogen-bond acceptors (Lipinski definition) is 2. The first kappa shape index (κ1) is 22.3. The molecule has 2 aliphatic rings. The van der Waals surface area contributed by atoms with Gasteiger partial charge in [-0.25, -0.2) is 4.39 Å². The fourth-order valence-electron chi connectivity index (χ4n) is 5.88. The Balaban J connectivity index is 1.22. The van der Waals surface area contributed by atoms with Crippen LogP contribution in [0.25, 0.3) is 0 Å². The van der Waals surface area contributed by atoms with Gasteiger partial charge in [-0.15, -0.1) is 0 Å². The van der Waals surface area contributed by atoms with Crippen LogP contribution >= 0.6 is 0 Å². The molecule has 0 unspecified atom stereocenters. The highest BCUT2D eigenvalue weighted by Crippen LogP contribution is 2.35. The fraction of sp³-hybridized carbons (Fsp3) is 0.400. The van der Waals surface area contributed by atoms with Crippen molar-refractivity contribution in [3.8, 4) is 0 Å². The van der Waals surface area contributed by atoms with Gasteiger partial charge >= 0.3 is 0 Å². The van der Waals surface area contributed by atoms with Gasteiger partial charge in [-0.2, -0.15) is 0 Å². The van der Waals surface area contributed by atoms with E-state index in [9.17, 15) is 4.39 Å². The molecule has 3 heteroatoms. The highest BCUT2D eigenvalue weighted by Gasteiger charge is 2.35. The van der Waals surface area contributed by atoms with Gasteiger partial charge in [0.15, 0.2) is 0 Å². The van der Waals surface area contributed by atoms with E-state index in [1.807, 2.05) is 6.07 Å². The molecule has 0 aromatic heterocycles. The van der Waals surface area contributed by atoms with E-state index in [1.54, 1.807) is 12.1 Å². The van der Waals surface area contributed by atoms with Gasteiger partial charge in [0.1, 0.15) is 5.82 Å². The van der Waals surface area contributed by atoms with Crippen molar-refractivity contribution in [1.29, 1.82) is 0 Å². The molecule has 0 saturated carbocycles. The normalized spacial score (nSPS) is 22.6. The maximum atomic E-state index is 14.0. The molecule has 2 fully saturated rings. The highest BCUT2D eigenvalue weighted by molar-refractivity contribution is 5.24. The smallest absolute Gasteiger partial charge is 0.123 e. The summed E-state index contributed by atoms with van der Waals surface area (Å²) in [6.45, 7) is 6.55. The van der Waals surface area contributed by atoms with E-state index < -0.39 is 0 Å². The molecule has 172 valence electrons. The van der Waals surface area contributed by atoms with Gasteiger partial charge in [0.25, 0.3) is 0 Å². The third kappa shape index (κ3) is 5.90. The van der Waals surface area contributed by atoms with Crippen molar-refractivity contribution in [2.24, 2.45) is 11.8 Å². The number of hydrogen-bond donors (Lipinski definition) is 0. The van der Waals surface area contributed by atoms with Crippen LogP contribution in [-0.4, -0.2) is 42.5 Å². The number of nitrogens with zero attached hydrogens (tertiary/aromatic N) is 2. The molecule has 2 atom stereocenters. The van der Waals surface area contributed by atoms with Gasteiger partial charge in [-0.05, 0) is 73.0 Å². The molecule has 0 amide bonds. The lowest BCUT2D eigenvalue weighted by atomic mass is 9.86. The second-order valence-corrected chi connectivity index (χ2v) is 10.0. The van der Waals surface area contributed by atoms with Crippen molar-refractivity contribution in [3.05, 3.63) is 107 Å². The SMILES string of the molecule is Fc1cccc([C@H]2CN(Cc3ccccc3)C[C@@H]2CN2CCC(Cc3ccccc3)CC2)c1. The van der Waals surface area contributed by atoms with E-state index in [-0.39, 0.29) is 5.82 Å². The maximum absolute atomic E-state index is 14.0. The van der Waals surface area contributed by atoms with Crippen LogP contribution in [0.2, 0.25) is 0 Å². The van der Waals surface area contributed by atoms with Crippen LogP contribution in [-0.2, 0) is 13.0 Å². The predicted octanol–water partition coefficient (Wildman–Crippen LogP) is 6.00. The second kappa shape index (κ2) is 10.6. The van der Waals surface area contributed by atoms with Crippen LogP contribution in [0, 0.1) is 17.7 Å². The maximum Gasteiger partial charge on any atom is 0.123 e. The zero-order valence-corrected chi connectivity index (χ0v) is 19.5. The summed E-state index contributed by atoms with van der Waals surface area (Å²) in [5.41, 5.74) is 3.99. The first-order valence-electron chi connectivity index (χ1n) is 12.5. The number of rotatable bonds is 7. The number of benzene rings is 3. The van der Waals surface area contributed by atoms with Crippen molar-refractivity contribution in [1.82, 2.24) is 9.80 Å². The van der Waals surface area contributed by atoms with Gasteiger partial charge in [-0.3, -0.25) is 4.90 Å². The van der Waals surface area contributed by atoms with Crippen molar-refractivity contribution in [2.75, 3.05) is 32.7 Å². The standard InChI is InChI=1S/C30H35FN2/c31-29-13-7-12-27(19-29)30-23-33(20-26-10-5-2-6-11-26)22-28(30)21-32-16-14-25(15-17-32)18-24-8-3-1-4-9-24/h1-13,19,25,28,30H,14-18,20-23H2/t28-,30+/m0/s1. The first-order chi connectivity index (χ1) is 16.2. The summed E-state index contributed by atoms with van der Waals surface area (Å²) in [7, 11) is 0. The zero-order valence-electron chi connectivity index (χ0n) is 19.5. The molecule has 0 N–H and O–H groups in total. The Morgan fingerprint density at radius 3 is 2.12 bits per heavy atom. The Hall–Kier alpha value is -2.49. The molecule has 2 nitrogen and oxygen atoms in total. The van der Waals surface area contributed by atoms with Crippen LogP contribution in [0.1, 0.15) is 35.4 Å². The number of likely N-dealkylation sites (tertiary alicyclic amines) is 2. The Kier molecular flexibility index (Phi) is 7.18. The molecule has 5 rings (SSSR count). The van der Waals surface area contributed by atoms with Crippen LogP contribution in [0.4, 0.5) is 4.39 Å². The molecule has 0 bridgehead atoms. The Morgan fingerprint density at radius 1 is 0.727 bits per heavy atom. The van der Waals surface area contributed by atoms with Gasteiger partial charge in [-0.1, -0.05) is 72.8 Å². The minimum absolute atomic E-state index is 0.116. The molecular formula is C30H35FN2. The summed E-state index contributed by atoms with van der Waals surface area (Å²) in [4.78, 5) is 5.24. The topological polar surface area (TPSA) is 6.48 Å². The molecule has 3 aromatic carbocycles. The lowest BCUT2D eigenvalue weighted by molar-refractivity contribution is 0.156. The average molecular weight is 443 g/mol. The van der Waals surface area contributed by atoms with E-state index in [2.05, 4.69) is 76.5 Å². The molecule has 2 aliphatic heterocycles. The molecule has 0 aliphatic carbocycles. The summed E-state index contributed by atoms with van der Waals surface area (Å²) < 4.78 is 14.0. The fourth-order valence-corrected chi connectivity index (χ4v) is 5.88. The van der Waals surface area contributed by atoms with E-state index in [0.29, 0.717) is 11.8 Å². The lowest BCUT2D eigenvalue weighted by Crippen LogP contribution is -2.39. The van der Waals surface area contributed by atoms with Gasteiger partial charge in [0.2, 0.25) is 0 Å². The van der Waals surface area contributed by atoms with E-state index in [4.69, 9.17) is 0 Å². The van der Waals surface area contributed by atoms with E-state index in [0.717, 1.165) is 37.7 Å². The Morgan fingerprint density at radius 2 is 1.42 bits per heavy atom. The summed E-state index contributed by atoms with van der Waals surface area (Å²) in [5.74, 6) is 1.61. The van der Waals surface area contributed by atoms with E-state index >= 15 is 0 Å². The minimum Gasteiger partial charge on any atom is -0.303 e. The van der Waals surface area contributed by atoms with Crippen LogP contribution in [0.15, 0.2) is 84.9 Å². The van der Waals surface area contributed by atoms with Crippen LogP contribution in [0.3, 0.4) is 0 Å². The Labute approximate surface area is 198 Å². The average Bonchev–Trinajstić information content (AvgIpc) is 3.23. The second-order valence-electron chi connectivity index (χ2n) is 10.0. The molecule has 2 saturated heterocycles. The summed E-state index contributed by atoms with van der Waals surface area (Å²) in [5, 5.41) is 0. The monoisotopic (exact) mass is 442 g/mol. The third-order valence-corrected chi connectivity index (χ3v) is 7.61. The van der Waals surface area contributed by atoms with Crippen LogP contribution < -0.4 is 0 Å². The minimum atomic E-state index is -0.116. The number of halogens is 1. The number of piperidine rings is 1. The molecule has 2 heterocycles. The summed E-state index contributed by atoms with van der Waals surface area (Å²) >= 11 is 0. The molecule has 33 heavy (non-hydrogen) atoms. The van der Waals surface area contributed by atoms with Gasteiger partial charge < -0.3 is 4.90 Å². The molecular weight excluding hydrogens is 407 g/mol. The first-order valence-corrected chi connectivity index (χ1v) is 12.5. The van der Waals surface area contributed by atoms with Gasteiger partial charge in [0.05, 0.1) is 0 Å². The zero-order chi connectivity index (χ0) is 22.5.